The highest BCUT2D eigenvalue weighted by atomic mass is 35.5. The zero-order valence-electron chi connectivity index (χ0n) is 5.71. The first-order valence-corrected chi connectivity index (χ1v) is 4.51. The van der Waals surface area contributed by atoms with Gasteiger partial charge in [-0.1, -0.05) is 0 Å². The second-order valence-electron chi connectivity index (χ2n) is 3.32. The van der Waals surface area contributed by atoms with E-state index < -0.39 is 5.97 Å². The van der Waals surface area contributed by atoms with Gasteiger partial charge >= 0.3 is 5.97 Å². The smallest absolute Gasteiger partial charge is 0.307 e. The number of aliphatic carboxylic acids is 1. The van der Waals surface area contributed by atoms with E-state index in [-0.39, 0.29) is 28.5 Å². The molecule has 62 valence electrons. The largest absolute Gasteiger partial charge is 0.481 e. The highest BCUT2D eigenvalue weighted by molar-refractivity contribution is 6.31. The molecular weight excluding hydrogens is 187 g/mol. The summed E-state index contributed by atoms with van der Waals surface area (Å²) in [6.07, 6.45) is 0.902. The molecule has 3 aliphatic rings. The molecule has 0 aliphatic heterocycles. The summed E-state index contributed by atoms with van der Waals surface area (Å²) in [5.41, 5.74) is 0. The SMILES string of the molecule is O=C(O)C1[C@H]2C[C@@H]1[C@H](Cl)[C@@H]2Cl. The maximum absolute atomic E-state index is 10.6. The lowest BCUT2D eigenvalue weighted by molar-refractivity contribution is -0.148. The van der Waals surface area contributed by atoms with E-state index in [1.54, 1.807) is 0 Å². The van der Waals surface area contributed by atoms with Crippen LogP contribution in [-0.4, -0.2) is 21.8 Å². The molecular formula is C7H8Cl2O2. The molecule has 0 aromatic carbocycles. The molecule has 4 heteroatoms. The van der Waals surface area contributed by atoms with Crippen LogP contribution in [0.2, 0.25) is 0 Å². The monoisotopic (exact) mass is 194 g/mol. The Kier molecular flexibility index (Phi) is 1.58. The normalized spacial score (nSPS) is 53.8. The van der Waals surface area contributed by atoms with Gasteiger partial charge in [0.1, 0.15) is 0 Å². The van der Waals surface area contributed by atoms with Gasteiger partial charge in [0.2, 0.25) is 0 Å². The van der Waals surface area contributed by atoms with Crippen molar-refractivity contribution in [1.82, 2.24) is 0 Å². The second kappa shape index (κ2) is 2.27. The molecule has 3 fully saturated rings. The average Bonchev–Trinajstić information content (AvgIpc) is 2.17. The summed E-state index contributed by atoms with van der Waals surface area (Å²) >= 11 is 11.8. The number of carbonyl (C=O) groups is 1. The highest BCUT2D eigenvalue weighted by Gasteiger charge is 2.61. The number of alkyl halides is 2. The van der Waals surface area contributed by atoms with Crippen LogP contribution in [0.3, 0.4) is 0 Å². The summed E-state index contributed by atoms with van der Waals surface area (Å²) in [4.78, 5) is 10.6. The highest BCUT2D eigenvalue weighted by Crippen LogP contribution is 2.57. The lowest BCUT2D eigenvalue weighted by atomic mass is 9.72. The van der Waals surface area contributed by atoms with E-state index in [1.807, 2.05) is 0 Å². The summed E-state index contributed by atoms with van der Waals surface area (Å²) in [6, 6.07) is 0. The van der Waals surface area contributed by atoms with Crippen LogP contribution in [0.4, 0.5) is 0 Å². The Morgan fingerprint density at radius 2 is 1.73 bits per heavy atom. The van der Waals surface area contributed by atoms with Gasteiger partial charge in [0.15, 0.2) is 0 Å². The third kappa shape index (κ3) is 0.828. The minimum atomic E-state index is -0.736. The first kappa shape index (κ1) is 7.69. The Morgan fingerprint density at radius 1 is 1.27 bits per heavy atom. The van der Waals surface area contributed by atoms with E-state index in [9.17, 15) is 4.79 Å². The molecule has 1 N–H and O–H groups in total. The van der Waals surface area contributed by atoms with Gasteiger partial charge in [0.05, 0.1) is 16.7 Å². The van der Waals surface area contributed by atoms with Crippen molar-refractivity contribution in [2.24, 2.45) is 17.8 Å². The zero-order valence-corrected chi connectivity index (χ0v) is 7.22. The lowest BCUT2D eigenvalue weighted by Gasteiger charge is -2.32. The topological polar surface area (TPSA) is 37.3 Å². The third-order valence-electron chi connectivity index (χ3n) is 2.87. The molecule has 0 spiro atoms. The Labute approximate surface area is 74.5 Å². The van der Waals surface area contributed by atoms with Crippen LogP contribution in [0, 0.1) is 17.8 Å². The predicted molar refractivity (Wildman–Crippen MR) is 42.0 cm³/mol. The second-order valence-corrected chi connectivity index (χ2v) is 4.32. The Hall–Kier alpha value is 0.0500. The Balaban J connectivity index is 2.17. The first-order chi connectivity index (χ1) is 5.13. The molecule has 0 heterocycles. The van der Waals surface area contributed by atoms with Crippen molar-refractivity contribution < 1.29 is 9.90 Å². The van der Waals surface area contributed by atoms with Crippen molar-refractivity contribution in [3.63, 3.8) is 0 Å². The van der Waals surface area contributed by atoms with Crippen molar-refractivity contribution in [1.29, 1.82) is 0 Å². The van der Waals surface area contributed by atoms with Crippen molar-refractivity contribution in [3.8, 4) is 0 Å². The van der Waals surface area contributed by atoms with Crippen molar-refractivity contribution in [3.05, 3.63) is 0 Å². The van der Waals surface area contributed by atoms with Gasteiger partial charge in [-0.2, -0.15) is 0 Å². The minimum Gasteiger partial charge on any atom is -0.481 e. The van der Waals surface area contributed by atoms with E-state index in [0.717, 1.165) is 6.42 Å². The van der Waals surface area contributed by atoms with Gasteiger partial charge in [0.25, 0.3) is 0 Å². The van der Waals surface area contributed by atoms with Crippen LogP contribution in [0.15, 0.2) is 0 Å². The van der Waals surface area contributed by atoms with Gasteiger partial charge in [-0.15, -0.1) is 23.2 Å². The molecule has 1 unspecified atom stereocenters. The molecule has 0 amide bonds. The van der Waals surface area contributed by atoms with Crippen LogP contribution >= 0.6 is 23.2 Å². The maximum atomic E-state index is 10.6. The van der Waals surface area contributed by atoms with E-state index in [0.29, 0.717) is 0 Å². The fourth-order valence-electron chi connectivity index (χ4n) is 2.22. The van der Waals surface area contributed by atoms with E-state index in [2.05, 4.69) is 0 Å². The fraction of sp³-hybridized carbons (Fsp3) is 0.857. The summed E-state index contributed by atoms with van der Waals surface area (Å²) in [5.74, 6) is -0.747. The van der Waals surface area contributed by atoms with Crippen LogP contribution in [-0.2, 0) is 4.79 Å². The molecule has 2 bridgehead atoms. The molecule has 2 nitrogen and oxygen atoms in total. The van der Waals surface area contributed by atoms with E-state index in [1.165, 1.54) is 0 Å². The molecule has 11 heavy (non-hydrogen) atoms. The molecule has 0 saturated heterocycles. The fourth-order valence-corrected chi connectivity index (χ4v) is 3.12. The number of halogens is 2. The summed E-state index contributed by atoms with van der Waals surface area (Å²) in [5, 5.41) is 8.49. The summed E-state index contributed by atoms with van der Waals surface area (Å²) in [7, 11) is 0. The van der Waals surface area contributed by atoms with Gasteiger partial charge in [-0.05, 0) is 18.3 Å². The van der Waals surface area contributed by atoms with E-state index in [4.69, 9.17) is 28.3 Å². The number of hydrogen-bond acceptors (Lipinski definition) is 1. The number of carboxylic acid groups (broad SMARTS) is 1. The molecule has 3 saturated carbocycles. The third-order valence-corrected chi connectivity index (χ3v) is 4.19. The molecule has 5 atom stereocenters. The number of fused-ring (bicyclic) bond motifs is 1. The maximum Gasteiger partial charge on any atom is 0.307 e. The van der Waals surface area contributed by atoms with Crippen LogP contribution in [0.5, 0.6) is 0 Å². The predicted octanol–water partition coefficient (Wildman–Crippen LogP) is 1.55. The van der Waals surface area contributed by atoms with E-state index >= 15 is 0 Å². The van der Waals surface area contributed by atoms with Gasteiger partial charge in [-0.25, -0.2) is 0 Å². The molecule has 0 radical (unpaired) electrons. The van der Waals surface area contributed by atoms with Gasteiger partial charge in [0, 0.05) is 0 Å². The Morgan fingerprint density at radius 3 is 1.91 bits per heavy atom. The standard InChI is InChI=1S/C7H8Cl2O2/c8-5-2-1-3(6(5)9)4(2)7(10)11/h2-6H,1H2,(H,10,11)/t2-,3+,4?,5-,6+. The number of carboxylic acids is 1. The molecule has 3 aliphatic carbocycles. The van der Waals surface area contributed by atoms with Gasteiger partial charge < -0.3 is 5.11 Å². The minimum absolute atomic E-state index is 0.122. The zero-order chi connectivity index (χ0) is 8.17. The van der Waals surface area contributed by atoms with Gasteiger partial charge in [-0.3, -0.25) is 4.79 Å². The van der Waals surface area contributed by atoms with Crippen molar-refractivity contribution in [2.75, 3.05) is 0 Å². The van der Waals surface area contributed by atoms with Crippen LogP contribution in [0.25, 0.3) is 0 Å². The Bertz CT molecular complexity index is 193. The van der Waals surface area contributed by atoms with Crippen molar-refractivity contribution >= 4 is 29.2 Å². The first-order valence-electron chi connectivity index (χ1n) is 3.64. The van der Waals surface area contributed by atoms with Crippen LogP contribution in [0.1, 0.15) is 6.42 Å². The molecule has 0 aromatic heterocycles. The molecule has 0 aromatic rings. The summed E-state index contributed by atoms with van der Waals surface area (Å²) < 4.78 is 0. The van der Waals surface area contributed by atoms with Crippen molar-refractivity contribution in [2.45, 2.75) is 17.2 Å². The number of rotatable bonds is 1. The molecule has 3 rings (SSSR count). The average molecular weight is 195 g/mol. The lowest BCUT2D eigenvalue weighted by Crippen LogP contribution is -2.37. The number of hydrogen-bond donors (Lipinski definition) is 1. The summed E-state index contributed by atoms with van der Waals surface area (Å²) in [6.45, 7) is 0. The van der Waals surface area contributed by atoms with Crippen LogP contribution < -0.4 is 0 Å². The quantitative estimate of drug-likeness (QED) is 0.644.